The van der Waals surface area contributed by atoms with Crippen LogP contribution in [0.4, 0.5) is 0 Å². The van der Waals surface area contributed by atoms with Crippen LogP contribution in [-0.2, 0) is 20.7 Å². The number of furan rings is 1. The van der Waals surface area contributed by atoms with Crippen LogP contribution in [0.5, 0.6) is 0 Å². The SMILES string of the molecule is CC(C)COC(=O)[C@H](C)NC(=O)Cc1ccco1. The third-order valence-corrected chi connectivity index (χ3v) is 2.20. The fourth-order valence-electron chi connectivity index (χ4n) is 1.30. The molecule has 0 aromatic carbocycles. The molecule has 100 valence electrons. The third kappa shape index (κ3) is 5.03. The minimum absolute atomic E-state index is 0.120. The lowest BCUT2D eigenvalue weighted by atomic mass is 10.2. The van der Waals surface area contributed by atoms with E-state index in [1.807, 2.05) is 13.8 Å². The van der Waals surface area contributed by atoms with Crippen LogP contribution in [0.3, 0.4) is 0 Å². The van der Waals surface area contributed by atoms with E-state index in [0.717, 1.165) is 0 Å². The van der Waals surface area contributed by atoms with Crippen molar-refractivity contribution in [2.24, 2.45) is 5.92 Å². The lowest BCUT2D eigenvalue weighted by molar-refractivity contribution is -0.148. The molecule has 1 heterocycles. The maximum Gasteiger partial charge on any atom is 0.328 e. The van der Waals surface area contributed by atoms with Gasteiger partial charge in [-0.05, 0) is 25.0 Å². The van der Waals surface area contributed by atoms with E-state index < -0.39 is 12.0 Å². The van der Waals surface area contributed by atoms with Crippen molar-refractivity contribution in [3.8, 4) is 0 Å². The molecule has 1 amide bonds. The number of hydrogen-bond acceptors (Lipinski definition) is 4. The summed E-state index contributed by atoms with van der Waals surface area (Å²) in [6, 6.07) is 2.77. The van der Waals surface area contributed by atoms with Crippen LogP contribution >= 0.6 is 0 Å². The summed E-state index contributed by atoms with van der Waals surface area (Å²) in [4.78, 5) is 23.1. The van der Waals surface area contributed by atoms with Crippen LogP contribution in [0.15, 0.2) is 22.8 Å². The molecule has 0 aliphatic rings. The number of esters is 1. The summed E-state index contributed by atoms with van der Waals surface area (Å²) >= 11 is 0. The largest absolute Gasteiger partial charge is 0.469 e. The zero-order valence-corrected chi connectivity index (χ0v) is 10.9. The maximum atomic E-state index is 11.6. The van der Waals surface area contributed by atoms with E-state index in [1.165, 1.54) is 6.26 Å². The molecule has 1 aromatic rings. The Labute approximate surface area is 106 Å². The van der Waals surface area contributed by atoms with Crippen LogP contribution in [0.2, 0.25) is 0 Å². The Kier molecular flexibility index (Phi) is 5.42. The van der Waals surface area contributed by atoms with Gasteiger partial charge in [0, 0.05) is 0 Å². The fourth-order valence-corrected chi connectivity index (χ4v) is 1.30. The molecule has 0 bridgehead atoms. The highest BCUT2D eigenvalue weighted by Crippen LogP contribution is 2.01. The highest BCUT2D eigenvalue weighted by molar-refractivity contribution is 5.85. The highest BCUT2D eigenvalue weighted by Gasteiger charge is 2.17. The first kappa shape index (κ1) is 14.3. The van der Waals surface area contributed by atoms with Crippen LogP contribution in [0, 0.1) is 5.92 Å². The van der Waals surface area contributed by atoms with Crippen LogP contribution in [-0.4, -0.2) is 24.5 Å². The first-order chi connectivity index (χ1) is 8.49. The van der Waals surface area contributed by atoms with E-state index in [-0.39, 0.29) is 18.2 Å². The van der Waals surface area contributed by atoms with Crippen molar-refractivity contribution in [3.63, 3.8) is 0 Å². The predicted molar refractivity (Wildman–Crippen MR) is 65.8 cm³/mol. The summed E-state index contributed by atoms with van der Waals surface area (Å²) in [5.74, 6) is 0.158. The van der Waals surface area contributed by atoms with Crippen LogP contribution < -0.4 is 5.32 Å². The standard InChI is InChI=1S/C13H19NO4/c1-9(2)8-18-13(16)10(3)14-12(15)7-11-5-4-6-17-11/h4-6,9-10H,7-8H2,1-3H3,(H,14,15)/t10-/m0/s1. The number of rotatable bonds is 6. The van der Waals surface area contributed by atoms with Crippen LogP contribution in [0.25, 0.3) is 0 Å². The topological polar surface area (TPSA) is 68.5 Å². The Morgan fingerprint density at radius 2 is 2.11 bits per heavy atom. The van der Waals surface area contributed by atoms with Crippen molar-refractivity contribution < 1.29 is 18.7 Å². The number of hydrogen-bond donors (Lipinski definition) is 1. The third-order valence-electron chi connectivity index (χ3n) is 2.20. The van der Waals surface area contributed by atoms with Crippen LogP contribution in [0.1, 0.15) is 26.5 Å². The smallest absolute Gasteiger partial charge is 0.328 e. The molecule has 0 radical (unpaired) electrons. The van der Waals surface area contributed by atoms with E-state index in [2.05, 4.69) is 5.32 Å². The van der Waals surface area contributed by atoms with E-state index in [9.17, 15) is 9.59 Å². The Morgan fingerprint density at radius 3 is 2.67 bits per heavy atom. The molecule has 0 aliphatic heterocycles. The second kappa shape index (κ2) is 6.83. The minimum atomic E-state index is -0.647. The lowest BCUT2D eigenvalue weighted by Gasteiger charge is -2.14. The van der Waals surface area contributed by atoms with Crippen molar-refractivity contribution in [2.75, 3.05) is 6.61 Å². The summed E-state index contributed by atoms with van der Waals surface area (Å²) in [5.41, 5.74) is 0. The van der Waals surface area contributed by atoms with Gasteiger partial charge in [0.25, 0.3) is 0 Å². The quantitative estimate of drug-likeness (QED) is 0.780. The van der Waals surface area contributed by atoms with Crippen molar-refractivity contribution in [2.45, 2.75) is 33.2 Å². The molecule has 5 heteroatoms. The Balaban J connectivity index is 2.32. The molecule has 0 spiro atoms. The monoisotopic (exact) mass is 253 g/mol. The summed E-state index contributed by atoms with van der Waals surface area (Å²) in [5, 5.41) is 2.57. The van der Waals surface area contributed by atoms with Gasteiger partial charge in [-0.1, -0.05) is 13.8 Å². The second-order valence-electron chi connectivity index (χ2n) is 4.57. The molecule has 0 fully saturated rings. The van der Waals surface area contributed by atoms with Gasteiger partial charge in [-0.15, -0.1) is 0 Å². The summed E-state index contributed by atoms with van der Waals surface area (Å²) in [6.07, 6.45) is 1.62. The first-order valence-corrected chi connectivity index (χ1v) is 5.97. The van der Waals surface area contributed by atoms with Crippen molar-refractivity contribution >= 4 is 11.9 Å². The summed E-state index contributed by atoms with van der Waals surface area (Å²) < 4.78 is 10.1. The molecule has 18 heavy (non-hydrogen) atoms. The predicted octanol–water partition coefficient (Wildman–Crippen LogP) is 1.53. The van der Waals surface area contributed by atoms with Gasteiger partial charge in [-0.2, -0.15) is 0 Å². The van der Waals surface area contributed by atoms with Gasteiger partial charge in [-0.3, -0.25) is 4.79 Å². The van der Waals surface area contributed by atoms with Gasteiger partial charge < -0.3 is 14.5 Å². The minimum Gasteiger partial charge on any atom is -0.469 e. The van der Waals surface area contributed by atoms with E-state index in [4.69, 9.17) is 9.15 Å². The van der Waals surface area contributed by atoms with Crippen molar-refractivity contribution in [1.82, 2.24) is 5.32 Å². The lowest BCUT2D eigenvalue weighted by Crippen LogP contribution is -2.40. The first-order valence-electron chi connectivity index (χ1n) is 5.97. The average molecular weight is 253 g/mol. The zero-order valence-electron chi connectivity index (χ0n) is 10.9. The van der Waals surface area contributed by atoms with Gasteiger partial charge in [0.05, 0.1) is 19.3 Å². The molecule has 0 unspecified atom stereocenters. The molecular formula is C13H19NO4. The molecule has 1 atom stereocenters. The molecule has 0 saturated heterocycles. The molecule has 0 aliphatic carbocycles. The number of carbonyl (C=O) groups excluding carboxylic acids is 2. The van der Waals surface area contributed by atoms with Gasteiger partial charge >= 0.3 is 5.97 Å². The second-order valence-corrected chi connectivity index (χ2v) is 4.57. The molecule has 0 saturated carbocycles. The van der Waals surface area contributed by atoms with E-state index in [1.54, 1.807) is 19.1 Å². The number of amides is 1. The molecule has 1 rings (SSSR count). The summed E-state index contributed by atoms with van der Waals surface area (Å²) in [7, 11) is 0. The Hall–Kier alpha value is -1.78. The fraction of sp³-hybridized carbons (Fsp3) is 0.538. The number of nitrogens with one attached hydrogen (secondary N) is 1. The zero-order chi connectivity index (χ0) is 13.5. The van der Waals surface area contributed by atoms with Gasteiger partial charge in [0.1, 0.15) is 11.8 Å². The maximum absolute atomic E-state index is 11.6. The molecule has 1 N–H and O–H groups in total. The van der Waals surface area contributed by atoms with Gasteiger partial charge in [0.15, 0.2) is 0 Å². The average Bonchev–Trinajstić information content (AvgIpc) is 2.78. The molecule has 1 aromatic heterocycles. The van der Waals surface area contributed by atoms with Crippen molar-refractivity contribution in [1.29, 1.82) is 0 Å². The Bertz CT molecular complexity index is 384. The highest BCUT2D eigenvalue weighted by atomic mass is 16.5. The van der Waals surface area contributed by atoms with E-state index in [0.29, 0.717) is 12.4 Å². The normalized spacial score (nSPS) is 12.2. The van der Waals surface area contributed by atoms with Gasteiger partial charge in [-0.25, -0.2) is 4.79 Å². The summed E-state index contributed by atoms with van der Waals surface area (Å²) in [6.45, 7) is 5.86. The molecule has 5 nitrogen and oxygen atoms in total. The van der Waals surface area contributed by atoms with E-state index >= 15 is 0 Å². The van der Waals surface area contributed by atoms with Gasteiger partial charge in [0.2, 0.25) is 5.91 Å². The Morgan fingerprint density at radius 1 is 1.39 bits per heavy atom. The number of carbonyl (C=O) groups is 2. The number of ether oxygens (including phenoxy) is 1. The molecular weight excluding hydrogens is 234 g/mol. The van der Waals surface area contributed by atoms with Crippen molar-refractivity contribution in [3.05, 3.63) is 24.2 Å².